The number of nitrogens with one attached hydrogen (secondary N) is 1. The summed E-state index contributed by atoms with van der Waals surface area (Å²) < 4.78 is 17.3. The van der Waals surface area contributed by atoms with Gasteiger partial charge in [-0.1, -0.05) is 54.1 Å². The summed E-state index contributed by atoms with van der Waals surface area (Å²) >= 11 is 9.69. The van der Waals surface area contributed by atoms with Crippen molar-refractivity contribution >= 4 is 56.0 Å². The van der Waals surface area contributed by atoms with Crippen molar-refractivity contribution in [2.24, 2.45) is 0 Å². The number of benzene rings is 4. The van der Waals surface area contributed by atoms with Crippen LogP contribution < -0.4 is 19.5 Å². The Bertz CT molecular complexity index is 1590. The highest BCUT2D eigenvalue weighted by Crippen LogP contribution is 2.36. The molecule has 1 N–H and O–H groups in total. The van der Waals surface area contributed by atoms with Crippen LogP contribution in [0.1, 0.15) is 16.7 Å². The first-order valence-electron chi connectivity index (χ1n) is 11.6. The number of methoxy groups -OCH3 is 2. The fourth-order valence-electron chi connectivity index (χ4n) is 3.97. The molecule has 0 heterocycles. The van der Waals surface area contributed by atoms with Gasteiger partial charge in [-0.15, -0.1) is 0 Å². The number of hydrogen-bond acceptors (Lipinski definition) is 5. The molecular weight excluding hydrogens is 568 g/mol. The number of nitriles is 1. The van der Waals surface area contributed by atoms with Gasteiger partial charge in [-0.25, -0.2) is 0 Å². The molecule has 1 amide bonds. The van der Waals surface area contributed by atoms with E-state index in [0.717, 1.165) is 21.9 Å². The van der Waals surface area contributed by atoms with Crippen LogP contribution in [0.25, 0.3) is 16.8 Å². The van der Waals surface area contributed by atoms with Crippen LogP contribution >= 0.6 is 27.5 Å². The van der Waals surface area contributed by atoms with Crippen molar-refractivity contribution in [2.45, 2.75) is 13.5 Å². The van der Waals surface area contributed by atoms with Gasteiger partial charge in [0.25, 0.3) is 5.91 Å². The maximum Gasteiger partial charge on any atom is 0.266 e. The normalized spacial score (nSPS) is 11.1. The van der Waals surface area contributed by atoms with Crippen molar-refractivity contribution in [3.05, 3.63) is 98.5 Å². The van der Waals surface area contributed by atoms with Crippen LogP contribution in [-0.4, -0.2) is 20.1 Å². The van der Waals surface area contributed by atoms with E-state index < -0.39 is 5.91 Å². The maximum atomic E-state index is 12.9. The molecule has 4 aromatic carbocycles. The van der Waals surface area contributed by atoms with Crippen LogP contribution in [0.5, 0.6) is 17.2 Å². The van der Waals surface area contributed by atoms with Crippen molar-refractivity contribution in [1.29, 1.82) is 5.26 Å². The summed E-state index contributed by atoms with van der Waals surface area (Å²) in [6.07, 6.45) is 1.50. The van der Waals surface area contributed by atoms with E-state index in [1.54, 1.807) is 18.2 Å². The average molecular weight is 592 g/mol. The van der Waals surface area contributed by atoms with Crippen LogP contribution in [0.15, 0.2) is 76.8 Å². The summed E-state index contributed by atoms with van der Waals surface area (Å²) in [5, 5.41) is 15.0. The number of carbonyl (C=O) groups excluding carboxylic acids is 1. The van der Waals surface area contributed by atoms with Crippen LogP contribution in [0.4, 0.5) is 5.69 Å². The quantitative estimate of drug-likeness (QED) is 0.168. The topological polar surface area (TPSA) is 80.6 Å². The summed E-state index contributed by atoms with van der Waals surface area (Å²) in [7, 11) is 2.92. The SMILES string of the molecule is COc1cc(NC(=O)/C(C#N)=C/c2ccc(OCc3c(C)ccc4ccccc34)c(Br)c2)c(OC)cc1Cl. The van der Waals surface area contributed by atoms with Gasteiger partial charge in [-0.3, -0.25) is 4.79 Å². The van der Waals surface area contributed by atoms with Crippen molar-refractivity contribution in [3.63, 3.8) is 0 Å². The fourth-order valence-corrected chi connectivity index (χ4v) is 4.72. The zero-order valence-corrected chi connectivity index (χ0v) is 23.3. The minimum atomic E-state index is -0.599. The highest BCUT2D eigenvalue weighted by atomic mass is 79.9. The lowest BCUT2D eigenvalue weighted by molar-refractivity contribution is -0.112. The zero-order valence-electron chi connectivity index (χ0n) is 21.0. The molecule has 0 unspecified atom stereocenters. The predicted octanol–water partition coefficient (Wildman–Crippen LogP) is 7.71. The Labute approximate surface area is 234 Å². The molecule has 8 heteroatoms. The lowest BCUT2D eigenvalue weighted by Crippen LogP contribution is -2.14. The number of rotatable bonds is 8. The van der Waals surface area contributed by atoms with E-state index in [1.807, 2.05) is 18.2 Å². The Balaban J connectivity index is 1.52. The van der Waals surface area contributed by atoms with Gasteiger partial charge in [0.15, 0.2) is 0 Å². The van der Waals surface area contributed by atoms with Crippen LogP contribution in [0, 0.1) is 18.3 Å². The Hall–Kier alpha value is -3.99. The van der Waals surface area contributed by atoms with Gasteiger partial charge >= 0.3 is 0 Å². The number of aryl methyl sites for hydroxylation is 1. The van der Waals surface area contributed by atoms with Gasteiger partial charge in [0, 0.05) is 17.7 Å². The standard InChI is InChI=1S/C30H24BrClN2O4/c1-18-8-10-20-6-4-5-7-22(20)23(18)17-38-27-11-9-19(13-24(27)31)12-21(16-33)30(35)34-26-15-28(36-2)25(32)14-29(26)37-3/h4-15H,17H2,1-3H3,(H,34,35)/b21-12+. The lowest BCUT2D eigenvalue weighted by Gasteiger charge is -2.14. The van der Waals surface area contributed by atoms with E-state index in [0.29, 0.717) is 44.6 Å². The van der Waals surface area contributed by atoms with Crippen molar-refractivity contribution in [2.75, 3.05) is 19.5 Å². The molecule has 0 aliphatic rings. The third-order valence-corrected chi connectivity index (χ3v) is 6.92. The van der Waals surface area contributed by atoms with Gasteiger partial charge in [-0.2, -0.15) is 5.26 Å². The van der Waals surface area contributed by atoms with Crippen molar-refractivity contribution in [1.82, 2.24) is 0 Å². The molecule has 0 saturated carbocycles. The Morgan fingerprint density at radius 2 is 1.79 bits per heavy atom. The largest absolute Gasteiger partial charge is 0.495 e. The molecule has 0 aliphatic heterocycles. The molecule has 4 aromatic rings. The number of fused-ring (bicyclic) bond motifs is 1. The van der Waals surface area contributed by atoms with Crippen LogP contribution in [0.2, 0.25) is 5.02 Å². The van der Waals surface area contributed by atoms with E-state index >= 15 is 0 Å². The first kappa shape index (κ1) is 27.1. The van der Waals surface area contributed by atoms with Crippen molar-refractivity contribution < 1.29 is 19.0 Å². The van der Waals surface area contributed by atoms with E-state index in [-0.39, 0.29) is 5.57 Å². The predicted molar refractivity (Wildman–Crippen MR) is 154 cm³/mol. The second-order valence-electron chi connectivity index (χ2n) is 8.37. The molecule has 0 fully saturated rings. The second-order valence-corrected chi connectivity index (χ2v) is 9.63. The number of amides is 1. The molecule has 0 aromatic heterocycles. The monoisotopic (exact) mass is 590 g/mol. The van der Waals surface area contributed by atoms with Crippen LogP contribution in [-0.2, 0) is 11.4 Å². The van der Waals surface area contributed by atoms with Gasteiger partial charge in [0.1, 0.15) is 35.5 Å². The minimum absolute atomic E-state index is 0.0899. The number of hydrogen-bond donors (Lipinski definition) is 1. The molecule has 0 atom stereocenters. The van der Waals surface area contributed by atoms with Gasteiger partial charge in [0.2, 0.25) is 0 Å². The highest BCUT2D eigenvalue weighted by molar-refractivity contribution is 9.10. The molecule has 0 aliphatic carbocycles. The Morgan fingerprint density at radius 3 is 2.50 bits per heavy atom. The highest BCUT2D eigenvalue weighted by Gasteiger charge is 2.16. The molecule has 0 saturated heterocycles. The number of halogens is 2. The third kappa shape index (κ3) is 5.94. The molecule has 192 valence electrons. The molecule has 0 radical (unpaired) electrons. The molecule has 0 bridgehead atoms. The Kier molecular flexibility index (Phi) is 8.57. The van der Waals surface area contributed by atoms with E-state index in [9.17, 15) is 10.1 Å². The first-order valence-corrected chi connectivity index (χ1v) is 12.8. The third-order valence-electron chi connectivity index (χ3n) is 6.00. The Morgan fingerprint density at radius 1 is 1.03 bits per heavy atom. The van der Waals surface area contributed by atoms with E-state index in [4.69, 9.17) is 25.8 Å². The number of anilines is 1. The van der Waals surface area contributed by atoms with Gasteiger partial charge < -0.3 is 19.5 Å². The summed E-state index contributed by atoms with van der Waals surface area (Å²) in [5.74, 6) is 0.754. The molecule has 4 rings (SSSR count). The molecule has 0 spiro atoms. The molecule has 38 heavy (non-hydrogen) atoms. The number of ether oxygens (including phenoxy) is 3. The van der Waals surface area contributed by atoms with E-state index in [2.05, 4.69) is 52.4 Å². The minimum Gasteiger partial charge on any atom is -0.495 e. The second kappa shape index (κ2) is 12.0. The van der Waals surface area contributed by atoms with Crippen LogP contribution in [0.3, 0.4) is 0 Å². The van der Waals surface area contributed by atoms with Gasteiger partial charge in [0.05, 0.1) is 29.4 Å². The smallest absolute Gasteiger partial charge is 0.266 e. The van der Waals surface area contributed by atoms with E-state index in [1.165, 1.54) is 32.4 Å². The zero-order chi connectivity index (χ0) is 27.2. The summed E-state index contributed by atoms with van der Waals surface area (Å²) in [4.78, 5) is 12.9. The first-order chi connectivity index (χ1) is 18.3. The summed E-state index contributed by atoms with van der Waals surface area (Å²) in [5.41, 5.74) is 3.16. The summed E-state index contributed by atoms with van der Waals surface area (Å²) in [6.45, 7) is 2.47. The lowest BCUT2D eigenvalue weighted by atomic mass is 10.0. The number of carbonyl (C=O) groups is 1. The van der Waals surface area contributed by atoms with Gasteiger partial charge in [-0.05, 0) is 63.0 Å². The summed E-state index contributed by atoms with van der Waals surface area (Å²) in [6, 6.07) is 22.8. The molecular formula is C30H24BrClN2O4. The molecule has 6 nitrogen and oxygen atoms in total. The van der Waals surface area contributed by atoms with Crippen molar-refractivity contribution in [3.8, 4) is 23.3 Å². The average Bonchev–Trinajstić information content (AvgIpc) is 2.92. The fraction of sp³-hybridized carbons (Fsp3) is 0.133. The number of nitrogens with zero attached hydrogens (tertiary/aromatic N) is 1. The maximum absolute atomic E-state index is 12.9.